The van der Waals surface area contributed by atoms with E-state index >= 15 is 0 Å². The van der Waals surface area contributed by atoms with Crippen LogP contribution < -0.4 is 10.6 Å². The smallest absolute Gasteiger partial charge is 0.224 e. The first kappa shape index (κ1) is 20.3. The van der Waals surface area contributed by atoms with Crippen molar-refractivity contribution in [1.82, 2.24) is 5.32 Å². The monoisotopic (exact) mass is 449 g/mol. The van der Waals surface area contributed by atoms with Gasteiger partial charge in [0.25, 0.3) is 0 Å². The number of nitrogens with one attached hydrogen (secondary N) is 2. The number of aliphatic imine (C=N–C) groups is 1. The molecule has 29 heavy (non-hydrogen) atoms. The van der Waals surface area contributed by atoms with Gasteiger partial charge in [0, 0.05) is 22.5 Å². The molecule has 0 radical (unpaired) electrons. The van der Waals surface area contributed by atoms with E-state index in [9.17, 15) is 13.2 Å². The molecule has 2 aromatic rings. The number of halogens is 1. The largest absolute Gasteiger partial charge is 0.352 e. The normalized spacial score (nSPS) is 22.0. The maximum Gasteiger partial charge on any atom is 0.224 e. The van der Waals surface area contributed by atoms with Gasteiger partial charge in [0.05, 0.1) is 24.0 Å². The number of carbonyl (C=O) groups is 1. The lowest BCUT2D eigenvalue weighted by atomic mass is 10.1. The standard InChI is InChI=1S/C20H20ClN3O3S2/c21-15-5-1-14(2-6-15)10-22-19(25)9-13-3-7-16(8-4-13)23-20-24-17-11-29(26,27)12-18(17)28-20/h1-8,17-18H,9-12H2,(H,22,25)(H,23,24)/t17-,18-/m1/s1. The molecule has 0 unspecified atom stereocenters. The fourth-order valence-corrected chi connectivity index (χ4v) is 7.10. The first-order valence-corrected chi connectivity index (χ1v) is 12.3. The Balaban J connectivity index is 1.27. The first-order valence-electron chi connectivity index (χ1n) is 9.18. The number of anilines is 1. The number of thioether (sulfide) groups is 1. The van der Waals surface area contributed by atoms with Gasteiger partial charge in [-0.3, -0.25) is 9.79 Å². The Labute approximate surface area is 179 Å². The number of rotatable bonds is 5. The summed E-state index contributed by atoms with van der Waals surface area (Å²) in [7, 11) is -2.94. The van der Waals surface area contributed by atoms with E-state index < -0.39 is 9.84 Å². The van der Waals surface area contributed by atoms with Crippen molar-refractivity contribution >= 4 is 50.0 Å². The van der Waals surface area contributed by atoms with E-state index in [2.05, 4.69) is 15.6 Å². The Hall–Kier alpha value is -2.03. The minimum absolute atomic E-state index is 0.0195. The van der Waals surface area contributed by atoms with Gasteiger partial charge in [-0.25, -0.2) is 8.42 Å². The molecule has 9 heteroatoms. The molecule has 2 N–H and O–H groups in total. The topological polar surface area (TPSA) is 87.6 Å². The molecule has 1 amide bonds. The summed E-state index contributed by atoms with van der Waals surface area (Å²) in [6.07, 6.45) is 0.297. The van der Waals surface area contributed by atoms with Gasteiger partial charge < -0.3 is 10.6 Å². The summed E-state index contributed by atoms with van der Waals surface area (Å²) in [6.45, 7) is 0.463. The van der Waals surface area contributed by atoms with Gasteiger partial charge in [0.15, 0.2) is 15.0 Å². The van der Waals surface area contributed by atoms with Gasteiger partial charge in [0.1, 0.15) is 0 Å². The third kappa shape index (κ3) is 5.32. The molecule has 152 valence electrons. The van der Waals surface area contributed by atoms with E-state index in [1.807, 2.05) is 36.4 Å². The summed E-state index contributed by atoms with van der Waals surface area (Å²) < 4.78 is 23.3. The maximum absolute atomic E-state index is 12.2. The van der Waals surface area contributed by atoms with Crippen LogP contribution in [0.2, 0.25) is 5.02 Å². The molecule has 0 aromatic heterocycles. The van der Waals surface area contributed by atoms with Gasteiger partial charge in [-0.2, -0.15) is 0 Å². The Kier molecular flexibility index (Phi) is 5.85. The van der Waals surface area contributed by atoms with Gasteiger partial charge in [-0.05, 0) is 35.4 Å². The Morgan fingerprint density at radius 3 is 2.45 bits per heavy atom. The van der Waals surface area contributed by atoms with Gasteiger partial charge in [-0.1, -0.05) is 47.6 Å². The second kappa shape index (κ2) is 8.38. The van der Waals surface area contributed by atoms with Crippen molar-refractivity contribution in [2.75, 3.05) is 16.8 Å². The van der Waals surface area contributed by atoms with Crippen LogP contribution in [-0.4, -0.2) is 42.3 Å². The molecule has 2 aliphatic rings. The number of hydrogen-bond acceptors (Lipinski definition) is 6. The maximum atomic E-state index is 12.2. The third-order valence-corrected chi connectivity index (χ3v) is 8.18. The molecule has 6 nitrogen and oxygen atoms in total. The number of benzene rings is 2. The van der Waals surface area contributed by atoms with Crippen LogP contribution in [0.4, 0.5) is 5.69 Å². The Bertz CT molecular complexity index is 1040. The average molecular weight is 450 g/mol. The number of carbonyl (C=O) groups excluding carboxylic acids is 1. The number of hydrogen-bond donors (Lipinski definition) is 2. The van der Waals surface area contributed by atoms with Crippen LogP contribution in [0, 0.1) is 0 Å². The van der Waals surface area contributed by atoms with Gasteiger partial charge in [-0.15, -0.1) is 0 Å². The van der Waals surface area contributed by atoms with Crippen LogP contribution in [0.1, 0.15) is 11.1 Å². The summed E-state index contributed by atoms with van der Waals surface area (Å²) in [4.78, 5) is 16.6. The zero-order valence-electron chi connectivity index (χ0n) is 15.5. The van der Waals surface area contributed by atoms with Crippen molar-refractivity contribution in [3.63, 3.8) is 0 Å². The molecular weight excluding hydrogens is 430 g/mol. The Morgan fingerprint density at radius 1 is 1.07 bits per heavy atom. The highest BCUT2D eigenvalue weighted by Gasteiger charge is 2.42. The van der Waals surface area contributed by atoms with Crippen LogP contribution in [0.15, 0.2) is 53.5 Å². The zero-order chi connectivity index (χ0) is 20.4. The molecule has 0 aliphatic carbocycles. The van der Waals surface area contributed by atoms with Crippen molar-refractivity contribution in [3.05, 3.63) is 64.7 Å². The summed E-state index contributed by atoms with van der Waals surface area (Å²) in [5.74, 6) is 0.284. The fraction of sp³-hybridized carbons (Fsp3) is 0.300. The van der Waals surface area contributed by atoms with Crippen molar-refractivity contribution in [2.24, 2.45) is 4.99 Å². The second-order valence-electron chi connectivity index (χ2n) is 7.14. The zero-order valence-corrected chi connectivity index (χ0v) is 17.9. The number of nitrogens with zero attached hydrogens (tertiary/aromatic N) is 1. The first-order chi connectivity index (χ1) is 13.9. The van der Waals surface area contributed by atoms with E-state index in [-0.39, 0.29) is 28.7 Å². The molecule has 2 aliphatic heterocycles. The lowest BCUT2D eigenvalue weighted by Gasteiger charge is -2.09. The van der Waals surface area contributed by atoms with Crippen molar-refractivity contribution in [1.29, 1.82) is 0 Å². The minimum atomic E-state index is -2.94. The highest BCUT2D eigenvalue weighted by Crippen LogP contribution is 2.34. The summed E-state index contributed by atoms with van der Waals surface area (Å²) in [6, 6.07) is 14.8. The molecule has 4 rings (SSSR count). The van der Waals surface area contributed by atoms with Gasteiger partial charge >= 0.3 is 0 Å². The highest BCUT2D eigenvalue weighted by molar-refractivity contribution is 8.15. The number of sulfone groups is 1. The van der Waals surface area contributed by atoms with Crippen LogP contribution in [0.5, 0.6) is 0 Å². The SMILES string of the molecule is O=C(Cc1ccc(NC2=N[C@@H]3CS(=O)(=O)C[C@H]3S2)cc1)NCc1ccc(Cl)cc1. The molecule has 0 bridgehead atoms. The van der Waals surface area contributed by atoms with E-state index in [0.29, 0.717) is 18.0 Å². The lowest BCUT2D eigenvalue weighted by Crippen LogP contribution is -2.24. The lowest BCUT2D eigenvalue weighted by molar-refractivity contribution is -0.120. The summed E-state index contributed by atoms with van der Waals surface area (Å²) >= 11 is 7.34. The predicted molar refractivity (Wildman–Crippen MR) is 118 cm³/mol. The van der Waals surface area contributed by atoms with Crippen LogP contribution in [0.3, 0.4) is 0 Å². The van der Waals surface area contributed by atoms with Crippen molar-refractivity contribution < 1.29 is 13.2 Å². The average Bonchev–Trinajstić information content (AvgIpc) is 3.15. The molecular formula is C20H20ClN3O3S2. The molecule has 0 saturated carbocycles. The number of amides is 1. The Morgan fingerprint density at radius 2 is 1.76 bits per heavy atom. The van der Waals surface area contributed by atoms with Crippen LogP contribution in [0.25, 0.3) is 0 Å². The van der Waals surface area contributed by atoms with E-state index in [4.69, 9.17) is 11.6 Å². The number of fused-ring (bicyclic) bond motifs is 1. The van der Waals surface area contributed by atoms with E-state index in [1.54, 1.807) is 12.1 Å². The minimum Gasteiger partial charge on any atom is -0.352 e. The molecule has 2 atom stereocenters. The molecule has 2 heterocycles. The van der Waals surface area contributed by atoms with E-state index in [1.165, 1.54) is 11.8 Å². The summed E-state index contributed by atoms with van der Waals surface area (Å²) in [5.41, 5.74) is 2.77. The molecule has 1 saturated heterocycles. The van der Waals surface area contributed by atoms with E-state index in [0.717, 1.165) is 22.0 Å². The van der Waals surface area contributed by atoms with Gasteiger partial charge in [0.2, 0.25) is 5.91 Å². The molecule has 1 fully saturated rings. The second-order valence-corrected chi connectivity index (χ2v) is 11.0. The molecule has 0 spiro atoms. The predicted octanol–water partition coefficient (Wildman–Crippen LogP) is 2.88. The third-order valence-electron chi connectivity index (χ3n) is 4.79. The molecule has 2 aromatic carbocycles. The van der Waals surface area contributed by atoms with Crippen LogP contribution in [-0.2, 0) is 27.6 Å². The van der Waals surface area contributed by atoms with Crippen LogP contribution >= 0.6 is 23.4 Å². The highest BCUT2D eigenvalue weighted by atomic mass is 35.5. The number of amidine groups is 1. The van der Waals surface area contributed by atoms with Crippen molar-refractivity contribution in [2.45, 2.75) is 24.3 Å². The summed E-state index contributed by atoms with van der Waals surface area (Å²) in [5, 5.41) is 7.58. The fourth-order valence-electron chi connectivity index (χ4n) is 3.30. The van der Waals surface area contributed by atoms with Crippen molar-refractivity contribution in [3.8, 4) is 0 Å². The quantitative estimate of drug-likeness (QED) is 0.732.